The van der Waals surface area contributed by atoms with Gasteiger partial charge in [-0.3, -0.25) is 0 Å². The van der Waals surface area contributed by atoms with Crippen molar-refractivity contribution in [2.45, 2.75) is 39.2 Å². The quantitative estimate of drug-likeness (QED) is 0.822. The van der Waals surface area contributed by atoms with Crippen LogP contribution in [0.1, 0.15) is 38.2 Å². The third-order valence-electron chi connectivity index (χ3n) is 4.02. The second kappa shape index (κ2) is 5.50. The number of pyridine rings is 1. The van der Waals surface area contributed by atoms with Crippen LogP contribution in [0.4, 0.5) is 0 Å². The fourth-order valence-electron chi connectivity index (χ4n) is 2.54. The van der Waals surface area contributed by atoms with Gasteiger partial charge < -0.3 is 10.1 Å². The van der Waals surface area contributed by atoms with E-state index in [0.717, 1.165) is 24.5 Å². The first kappa shape index (κ1) is 12.4. The van der Waals surface area contributed by atoms with Crippen molar-refractivity contribution in [1.82, 2.24) is 10.3 Å². The van der Waals surface area contributed by atoms with Crippen molar-refractivity contribution in [2.24, 2.45) is 5.41 Å². The Morgan fingerprint density at radius 3 is 2.88 bits per heavy atom. The average molecular weight is 234 g/mol. The van der Waals surface area contributed by atoms with Crippen LogP contribution < -0.4 is 10.1 Å². The number of nitrogens with one attached hydrogen (secondary N) is 1. The van der Waals surface area contributed by atoms with Crippen molar-refractivity contribution in [1.29, 1.82) is 0 Å². The Balaban J connectivity index is 1.85. The molecule has 1 saturated carbocycles. The van der Waals surface area contributed by atoms with E-state index < -0.39 is 0 Å². The normalized spacial score (nSPS) is 17.5. The van der Waals surface area contributed by atoms with Gasteiger partial charge in [-0.1, -0.05) is 19.4 Å². The molecule has 1 heterocycles. The summed E-state index contributed by atoms with van der Waals surface area (Å²) in [7, 11) is 1.67. The predicted octanol–water partition coefficient (Wildman–Crippen LogP) is 2.76. The third kappa shape index (κ3) is 2.78. The van der Waals surface area contributed by atoms with Gasteiger partial charge in [0.25, 0.3) is 0 Å². The summed E-state index contributed by atoms with van der Waals surface area (Å²) in [4.78, 5) is 4.20. The lowest BCUT2D eigenvalue weighted by molar-refractivity contribution is 0.123. The lowest BCUT2D eigenvalue weighted by Gasteiger charge is -2.41. The van der Waals surface area contributed by atoms with Gasteiger partial charge in [-0.15, -0.1) is 0 Å². The van der Waals surface area contributed by atoms with Crippen LogP contribution in [0.3, 0.4) is 0 Å². The van der Waals surface area contributed by atoms with Gasteiger partial charge in [0.2, 0.25) is 5.88 Å². The zero-order chi connectivity index (χ0) is 12.1. The lowest BCUT2D eigenvalue weighted by atomic mass is 9.67. The molecule has 0 bridgehead atoms. The maximum atomic E-state index is 5.24. The maximum Gasteiger partial charge on any atom is 0.217 e. The Morgan fingerprint density at radius 1 is 1.47 bits per heavy atom. The van der Waals surface area contributed by atoms with Crippen LogP contribution in [0.2, 0.25) is 0 Å². The molecule has 1 aliphatic carbocycles. The molecule has 1 aliphatic rings. The predicted molar refractivity (Wildman–Crippen MR) is 69.1 cm³/mol. The van der Waals surface area contributed by atoms with Gasteiger partial charge in [0.15, 0.2) is 0 Å². The molecule has 0 unspecified atom stereocenters. The van der Waals surface area contributed by atoms with Gasteiger partial charge in [-0.2, -0.15) is 0 Å². The molecule has 3 heteroatoms. The Morgan fingerprint density at radius 2 is 2.29 bits per heavy atom. The summed E-state index contributed by atoms with van der Waals surface area (Å²) >= 11 is 0. The molecule has 1 N–H and O–H groups in total. The van der Waals surface area contributed by atoms with E-state index in [1.54, 1.807) is 13.3 Å². The molecule has 1 aromatic heterocycles. The Bertz CT molecular complexity index is 355. The summed E-state index contributed by atoms with van der Waals surface area (Å²) in [6, 6.07) is 4.02. The minimum absolute atomic E-state index is 0.565. The van der Waals surface area contributed by atoms with Gasteiger partial charge in [-0.05, 0) is 30.7 Å². The Kier molecular flexibility index (Phi) is 4.00. The second-order valence-corrected chi connectivity index (χ2v) is 4.98. The summed E-state index contributed by atoms with van der Waals surface area (Å²) in [5, 5.41) is 3.55. The lowest BCUT2D eigenvalue weighted by Crippen LogP contribution is -2.39. The first-order valence-corrected chi connectivity index (χ1v) is 6.48. The molecule has 3 nitrogen and oxygen atoms in total. The summed E-state index contributed by atoms with van der Waals surface area (Å²) in [5.74, 6) is 0.735. The fourth-order valence-corrected chi connectivity index (χ4v) is 2.54. The largest absolute Gasteiger partial charge is 0.481 e. The third-order valence-corrected chi connectivity index (χ3v) is 4.02. The molecule has 0 spiro atoms. The highest BCUT2D eigenvalue weighted by atomic mass is 16.5. The zero-order valence-corrected chi connectivity index (χ0v) is 10.8. The van der Waals surface area contributed by atoms with E-state index in [9.17, 15) is 0 Å². The van der Waals surface area contributed by atoms with Crippen molar-refractivity contribution in [3.63, 3.8) is 0 Å². The minimum Gasteiger partial charge on any atom is -0.481 e. The topological polar surface area (TPSA) is 34.2 Å². The first-order valence-electron chi connectivity index (χ1n) is 6.48. The highest BCUT2D eigenvalue weighted by Crippen LogP contribution is 2.43. The standard InChI is InChI=1S/C14H22N2O/c1-3-14(7-5-8-14)11-15-10-12-6-4-9-16-13(12)17-2/h4,6,9,15H,3,5,7-8,10-11H2,1-2H3. The smallest absolute Gasteiger partial charge is 0.217 e. The summed E-state index contributed by atoms with van der Waals surface area (Å²) in [6.45, 7) is 4.26. The minimum atomic E-state index is 0.565. The fraction of sp³-hybridized carbons (Fsp3) is 0.643. The van der Waals surface area contributed by atoms with Crippen molar-refractivity contribution >= 4 is 0 Å². The number of hydrogen-bond donors (Lipinski definition) is 1. The number of ether oxygens (including phenoxy) is 1. The van der Waals surface area contributed by atoms with Gasteiger partial charge in [0, 0.05) is 24.8 Å². The second-order valence-electron chi connectivity index (χ2n) is 4.98. The van der Waals surface area contributed by atoms with Gasteiger partial charge in [-0.25, -0.2) is 4.98 Å². The van der Waals surface area contributed by atoms with Crippen LogP contribution in [0.25, 0.3) is 0 Å². The number of hydrogen-bond acceptors (Lipinski definition) is 3. The number of aromatic nitrogens is 1. The Hall–Kier alpha value is -1.09. The van der Waals surface area contributed by atoms with Crippen molar-refractivity contribution in [3.05, 3.63) is 23.9 Å². The highest BCUT2D eigenvalue weighted by Gasteiger charge is 2.34. The maximum absolute atomic E-state index is 5.24. The van der Waals surface area contributed by atoms with Crippen molar-refractivity contribution < 1.29 is 4.74 Å². The van der Waals surface area contributed by atoms with Gasteiger partial charge >= 0.3 is 0 Å². The molecule has 0 amide bonds. The highest BCUT2D eigenvalue weighted by molar-refractivity contribution is 5.25. The molecule has 0 saturated heterocycles. The Labute approximate surface area is 104 Å². The van der Waals surface area contributed by atoms with E-state index in [1.807, 2.05) is 6.07 Å². The molecule has 0 aliphatic heterocycles. The van der Waals surface area contributed by atoms with E-state index >= 15 is 0 Å². The van der Waals surface area contributed by atoms with Crippen molar-refractivity contribution in [3.8, 4) is 5.88 Å². The van der Waals surface area contributed by atoms with Crippen molar-refractivity contribution in [2.75, 3.05) is 13.7 Å². The molecule has 2 rings (SSSR count). The number of nitrogens with zero attached hydrogens (tertiary/aromatic N) is 1. The van der Waals surface area contributed by atoms with E-state index in [-0.39, 0.29) is 0 Å². The zero-order valence-electron chi connectivity index (χ0n) is 10.8. The summed E-state index contributed by atoms with van der Waals surface area (Å²) in [6.07, 6.45) is 7.19. The summed E-state index contributed by atoms with van der Waals surface area (Å²) < 4.78 is 5.24. The van der Waals surface area contributed by atoms with Gasteiger partial charge in [0.1, 0.15) is 0 Å². The molecule has 0 atom stereocenters. The van der Waals surface area contributed by atoms with Crippen LogP contribution in [-0.2, 0) is 6.54 Å². The van der Waals surface area contributed by atoms with E-state index in [0.29, 0.717) is 5.41 Å². The molecule has 1 aromatic rings. The molecule has 17 heavy (non-hydrogen) atoms. The van der Waals surface area contributed by atoms with Gasteiger partial charge in [0.05, 0.1) is 7.11 Å². The molecular formula is C14H22N2O. The number of methoxy groups -OCH3 is 1. The first-order chi connectivity index (χ1) is 8.29. The van der Waals surface area contributed by atoms with Crippen LogP contribution >= 0.6 is 0 Å². The molecule has 0 aromatic carbocycles. The van der Waals surface area contributed by atoms with Crippen LogP contribution in [0.15, 0.2) is 18.3 Å². The van der Waals surface area contributed by atoms with Crippen LogP contribution in [0, 0.1) is 5.41 Å². The molecule has 1 fully saturated rings. The molecular weight excluding hydrogens is 212 g/mol. The monoisotopic (exact) mass is 234 g/mol. The van der Waals surface area contributed by atoms with Crippen LogP contribution in [0.5, 0.6) is 5.88 Å². The SMILES string of the molecule is CCC1(CNCc2cccnc2OC)CCC1. The van der Waals surface area contributed by atoms with E-state index in [1.165, 1.54) is 25.7 Å². The molecule has 94 valence electrons. The molecule has 0 radical (unpaired) electrons. The average Bonchev–Trinajstić information content (AvgIpc) is 2.33. The summed E-state index contributed by atoms with van der Waals surface area (Å²) in [5.41, 5.74) is 1.70. The van der Waals surface area contributed by atoms with E-state index in [4.69, 9.17) is 4.74 Å². The number of rotatable bonds is 6. The van der Waals surface area contributed by atoms with Crippen LogP contribution in [-0.4, -0.2) is 18.6 Å². The van der Waals surface area contributed by atoms with E-state index in [2.05, 4.69) is 23.3 Å².